The topological polar surface area (TPSA) is 42.7 Å². The molecule has 3 rings (SSSR count). The van der Waals surface area contributed by atoms with Crippen LogP contribution in [0.4, 0.5) is 5.95 Å². The number of imidazole rings is 1. The Bertz CT molecular complexity index is 769. The Morgan fingerprint density at radius 3 is 2.77 bits per heavy atom. The van der Waals surface area contributed by atoms with E-state index < -0.39 is 0 Å². The van der Waals surface area contributed by atoms with Crippen molar-refractivity contribution in [2.45, 2.75) is 0 Å². The molecule has 0 aliphatic rings. The van der Waals surface area contributed by atoms with Gasteiger partial charge < -0.3 is 9.64 Å². The number of nitrogens with zero attached hydrogens (tertiary/aromatic N) is 4. The van der Waals surface area contributed by atoms with Crippen LogP contribution in [0.25, 0.3) is 16.8 Å². The van der Waals surface area contributed by atoms with Gasteiger partial charge in [-0.1, -0.05) is 23.7 Å². The van der Waals surface area contributed by atoms with Gasteiger partial charge >= 0.3 is 0 Å². The van der Waals surface area contributed by atoms with Crippen LogP contribution < -0.4 is 4.90 Å². The van der Waals surface area contributed by atoms with E-state index in [2.05, 4.69) is 9.88 Å². The van der Waals surface area contributed by atoms with Gasteiger partial charge in [-0.3, -0.25) is 9.38 Å². The molecule has 0 saturated heterocycles. The van der Waals surface area contributed by atoms with Gasteiger partial charge in [-0.15, -0.1) is 0 Å². The molecule has 2 heterocycles. The summed E-state index contributed by atoms with van der Waals surface area (Å²) >= 11 is 5.97. The quantitative estimate of drug-likeness (QED) is 0.725. The van der Waals surface area contributed by atoms with Crippen LogP contribution in [0.2, 0.25) is 5.02 Å². The molecule has 6 heteroatoms. The molecule has 2 aromatic heterocycles. The number of methoxy groups -OCH3 is 1. The first-order valence-corrected chi connectivity index (χ1v) is 7.36. The number of anilines is 1. The highest BCUT2D eigenvalue weighted by atomic mass is 35.5. The van der Waals surface area contributed by atoms with E-state index in [9.17, 15) is 0 Å². The minimum atomic E-state index is 0.646. The number of hydrogen-bond donors (Lipinski definition) is 0. The molecule has 0 bridgehead atoms. The zero-order valence-electron chi connectivity index (χ0n) is 12.5. The molecule has 0 spiro atoms. The maximum absolute atomic E-state index is 5.97. The normalized spacial score (nSPS) is 11.0. The lowest BCUT2D eigenvalue weighted by atomic mass is 10.1. The van der Waals surface area contributed by atoms with E-state index >= 15 is 0 Å². The van der Waals surface area contributed by atoms with Crippen LogP contribution in [0.1, 0.15) is 0 Å². The van der Waals surface area contributed by atoms with E-state index in [0.717, 1.165) is 29.3 Å². The van der Waals surface area contributed by atoms with Gasteiger partial charge in [0.2, 0.25) is 5.95 Å². The molecule has 5 nitrogen and oxygen atoms in total. The third kappa shape index (κ3) is 2.77. The van der Waals surface area contributed by atoms with Gasteiger partial charge in [0.25, 0.3) is 0 Å². The van der Waals surface area contributed by atoms with E-state index in [1.807, 2.05) is 48.1 Å². The Morgan fingerprint density at radius 1 is 1.27 bits per heavy atom. The summed E-state index contributed by atoms with van der Waals surface area (Å²) in [7, 11) is 3.69. The predicted molar refractivity (Wildman–Crippen MR) is 88.6 cm³/mol. The van der Waals surface area contributed by atoms with Crippen molar-refractivity contribution in [2.75, 3.05) is 32.2 Å². The second-order valence-electron chi connectivity index (χ2n) is 5.01. The lowest BCUT2D eigenvalue weighted by Crippen LogP contribution is -2.24. The summed E-state index contributed by atoms with van der Waals surface area (Å²) in [5, 5.41) is 0.711. The Morgan fingerprint density at radius 2 is 2.05 bits per heavy atom. The van der Waals surface area contributed by atoms with Crippen LogP contribution in [-0.2, 0) is 4.74 Å². The number of hydrogen-bond acceptors (Lipinski definition) is 4. The smallest absolute Gasteiger partial charge is 0.210 e. The molecule has 0 radical (unpaired) electrons. The van der Waals surface area contributed by atoms with Crippen LogP contribution in [0, 0.1) is 0 Å². The van der Waals surface area contributed by atoms with Crippen LogP contribution in [0.3, 0.4) is 0 Å². The van der Waals surface area contributed by atoms with E-state index in [1.54, 1.807) is 13.3 Å². The SMILES string of the molecule is COCCN(C)c1nc(-c2ccc(Cl)cc2)c2cnccn12. The Balaban J connectivity index is 2.09. The molecular formula is C16H17ClN4O. The molecule has 0 aliphatic heterocycles. The minimum Gasteiger partial charge on any atom is -0.383 e. The fraction of sp³-hybridized carbons (Fsp3) is 0.250. The second kappa shape index (κ2) is 6.34. The maximum Gasteiger partial charge on any atom is 0.210 e. The number of benzene rings is 1. The number of rotatable bonds is 5. The minimum absolute atomic E-state index is 0.646. The van der Waals surface area contributed by atoms with Crippen molar-refractivity contribution < 1.29 is 4.74 Å². The van der Waals surface area contributed by atoms with Crippen molar-refractivity contribution in [1.82, 2.24) is 14.4 Å². The van der Waals surface area contributed by atoms with Gasteiger partial charge in [-0.25, -0.2) is 4.98 Å². The third-order valence-corrected chi connectivity index (χ3v) is 3.77. The molecule has 0 fully saturated rings. The number of aromatic nitrogens is 3. The molecule has 114 valence electrons. The molecule has 0 saturated carbocycles. The van der Waals surface area contributed by atoms with Crippen molar-refractivity contribution >= 4 is 23.1 Å². The summed E-state index contributed by atoms with van der Waals surface area (Å²) in [5.74, 6) is 0.861. The molecule has 0 atom stereocenters. The summed E-state index contributed by atoms with van der Waals surface area (Å²) in [6.07, 6.45) is 5.50. The second-order valence-corrected chi connectivity index (χ2v) is 5.45. The fourth-order valence-electron chi connectivity index (χ4n) is 2.34. The molecular weight excluding hydrogens is 300 g/mol. The molecule has 22 heavy (non-hydrogen) atoms. The van der Waals surface area contributed by atoms with E-state index in [1.165, 1.54) is 0 Å². The van der Waals surface area contributed by atoms with Crippen molar-refractivity contribution in [2.24, 2.45) is 0 Å². The number of likely N-dealkylation sites (N-methyl/N-ethyl adjacent to an activating group) is 1. The first-order valence-electron chi connectivity index (χ1n) is 6.99. The zero-order chi connectivity index (χ0) is 15.5. The summed E-state index contributed by atoms with van der Waals surface area (Å²) in [4.78, 5) is 11.1. The number of ether oxygens (including phenoxy) is 1. The molecule has 0 N–H and O–H groups in total. The van der Waals surface area contributed by atoms with E-state index in [0.29, 0.717) is 11.6 Å². The van der Waals surface area contributed by atoms with Gasteiger partial charge in [0.1, 0.15) is 0 Å². The van der Waals surface area contributed by atoms with Crippen LogP contribution in [0.5, 0.6) is 0 Å². The van der Waals surface area contributed by atoms with E-state index in [4.69, 9.17) is 21.3 Å². The van der Waals surface area contributed by atoms with Gasteiger partial charge in [0.05, 0.1) is 24.0 Å². The highest BCUT2D eigenvalue weighted by Gasteiger charge is 2.15. The lowest BCUT2D eigenvalue weighted by Gasteiger charge is -2.16. The zero-order valence-corrected chi connectivity index (χ0v) is 13.3. The average molecular weight is 317 g/mol. The average Bonchev–Trinajstić information content (AvgIpc) is 2.93. The van der Waals surface area contributed by atoms with Gasteiger partial charge in [-0.05, 0) is 12.1 Å². The highest BCUT2D eigenvalue weighted by molar-refractivity contribution is 6.30. The lowest BCUT2D eigenvalue weighted by molar-refractivity contribution is 0.206. The van der Waals surface area contributed by atoms with Crippen molar-refractivity contribution in [3.05, 3.63) is 47.9 Å². The van der Waals surface area contributed by atoms with E-state index in [-0.39, 0.29) is 0 Å². The first kappa shape index (κ1) is 14.8. The summed E-state index contributed by atoms with van der Waals surface area (Å²) < 4.78 is 7.18. The fourth-order valence-corrected chi connectivity index (χ4v) is 2.47. The van der Waals surface area contributed by atoms with Crippen LogP contribution in [0.15, 0.2) is 42.9 Å². The third-order valence-electron chi connectivity index (χ3n) is 3.52. The van der Waals surface area contributed by atoms with Crippen molar-refractivity contribution in [3.8, 4) is 11.3 Å². The van der Waals surface area contributed by atoms with Gasteiger partial charge in [0, 0.05) is 43.7 Å². The summed E-state index contributed by atoms with van der Waals surface area (Å²) in [6, 6.07) is 7.67. The Hall–Kier alpha value is -2.11. The molecule has 1 aromatic carbocycles. The van der Waals surface area contributed by atoms with Crippen LogP contribution in [-0.4, -0.2) is 41.7 Å². The number of halogens is 1. The molecule has 3 aromatic rings. The van der Waals surface area contributed by atoms with Gasteiger partial charge in [-0.2, -0.15) is 0 Å². The van der Waals surface area contributed by atoms with Gasteiger partial charge in [0.15, 0.2) is 0 Å². The number of fused-ring (bicyclic) bond motifs is 1. The van der Waals surface area contributed by atoms with Crippen molar-refractivity contribution in [1.29, 1.82) is 0 Å². The molecule has 0 aliphatic carbocycles. The monoisotopic (exact) mass is 316 g/mol. The summed E-state index contributed by atoms with van der Waals surface area (Å²) in [6.45, 7) is 1.41. The maximum atomic E-state index is 5.97. The Labute approximate surface area is 134 Å². The Kier molecular flexibility index (Phi) is 4.27. The first-order chi connectivity index (χ1) is 10.7. The predicted octanol–water partition coefficient (Wildman–Crippen LogP) is 3.13. The summed E-state index contributed by atoms with van der Waals surface area (Å²) in [5.41, 5.74) is 2.87. The van der Waals surface area contributed by atoms with Crippen LogP contribution >= 0.6 is 11.6 Å². The standard InChI is InChI=1S/C16H17ClN4O/c1-20(9-10-22-2)16-19-15(12-3-5-13(17)6-4-12)14-11-18-7-8-21(14)16/h3-8,11H,9-10H2,1-2H3. The van der Waals surface area contributed by atoms with Crippen molar-refractivity contribution in [3.63, 3.8) is 0 Å². The largest absolute Gasteiger partial charge is 0.383 e. The molecule has 0 unspecified atom stereocenters. The molecule has 0 amide bonds. The highest BCUT2D eigenvalue weighted by Crippen LogP contribution is 2.28.